The Labute approximate surface area is 137 Å². The zero-order valence-corrected chi connectivity index (χ0v) is 13.2. The molecule has 7 heteroatoms. The number of benzene rings is 2. The number of nitro benzene ring substituents is 1. The summed E-state index contributed by atoms with van der Waals surface area (Å²) in [6.45, 7) is 1.94. The second-order valence-corrected chi connectivity index (χ2v) is 5.95. The van der Waals surface area contributed by atoms with E-state index in [4.69, 9.17) is 0 Å². The number of nitro groups is 1. The van der Waals surface area contributed by atoms with E-state index >= 15 is 0 Å². The van der Waals surface area contributed by atoms with Gasteiger partial charge in [-0.05, 0) is 36.2 Å². The van der Waals surface area contributed by atoms with Crippen LogP contribution in [0, 0.1) is 22.9 Å². The molecule has 2 rings (SSSR count). The second-order valence-electron chi connectivity index (χ2n) is 4.90. The normalized spacial score (nSPS) is 10.3. The number of non-ortho nitro benzene ring substituents is 1. The first-order valence-corrected chi connectivity index (χ1v) is 7.83. The van der Waals surface area contributed by atoms with Crippen LogP contribution in [0.5, 0.6) is 0 Å². The largest absolute Gasteiger partial charge is 0.351 e. The van der Waals surface area contributed by atoms with Crippen molar-refractivity contribution < 1.29 is 14.1 Å². The standard InChI is InChI=1S/C16H15FN2O3S/c1-11-2-3-12(8-15(11)17)9-18-16(20)10-23-14-6-4-13(5-7-14)19(21)22/h2-8H,9-10H2,1H3,(H,18,20). The molecule has 0 unspecified atom stereocenters. The Balaban J connectivity index is 1.80. The SMILES string of the molecule is Cc1ccc(CNC(=O)CSc2ccc([N+](=O)[O-])cc2)cc1F. The molecule has 0 saturated carbocycles. The van der Waals surface area contributed by atoms with Crippen LogP contribution in [0.4, 0.5) is 10.1 Å². The predicted molar refractivity (Wildman–Crippen MR) is 86.8 cm³/mol. The molecule has 0 saturated heterocycles. The maximum Gasteiger partial charge on any atom is 0.269 e. The van der Waals surface area contributed by atoms with Crippen LogP contribution in [-0.2, 0) is 11.3 Å². The summed E-state index contributed by atoms with van der Waals surface area (Å²) in [6.07, 6.45) is 0. The van der Waals surface area contributed by atoms with Crippen molar-refractivity contribution in [1.82, 2.24) is 5.32 Å². The highest BCUT2D eigenvalue weighted by Gasteiger charge is 2.07. The number of carbonyl (C=O) groups is 1. The minimum atomic E-state index is -0.470. The van der Waals surface area contributed by atoms with Crippen molar-refractivity contribution in [3.8, 4) is 0 Å². The first-order chi connectivity index (χ1) is 11.0. The summed E-state index contributed by atoms with van der Waals surface area (Å²) in [6, 6.07) is 10.8. The Hall–Kier alpha value is -2.41. The number of aryl methyl sites for hydroxylation is 1. The molecule has 1 amide bonds. The van der Waals surface area contributed by atoms with Crippen molar-refractivity contribution >= 4 is 23.4 Å². The van der Waals surface area contributed by atoms with Gasteiger partial charge in [-0.3, -0.25) is 14.9 Å². The van der Waals surface area contributed by atoms with Crippen molar-refractivity contribution in [3.63, 3.8) is 0 Å². The molecule has 0 fully saturated rings. The van der Waals surface area contributed by atoms with Gasteiger partial charge in [0.1, 0.15) is 5.82 Å². The van der Waals surface area contributed by atoms with Gasteiger partial charge in [0, 0.05) is 23.6 Å². The molecule has 2 aromatic carbocycles. The molecule has 0 atom stereocenters. The zero-order chi connectivity index (χ0) is 16.8. The highest BCUT2D eigenvalue weighted by atomic mass is 32.2. The van der Waals surface area contributed by atoms with Gasteiger partial charge in [0.05, 0.1) is 10.7 Å². The quantitative estimate of drug-likeness (QED) is 0.499. The van der Waals surface area contributed by atoms with Gasteiger partial charge in [0.15, 0.2) is 0 Å². The van der Waals surface area contributed by atoms with E-state index in [2.05, 4.69) is 5.32 Å². The van der Waals surface area contributed by atoms with Gasteiger partial charge in [-0.1, -0.05) is 12.1 Å². The van der Waals surface area contributed by atoms with E-state index in [-0.39, 0.29) is 29.7 Å². The van der Waals surface area contributed by atoms with Crippen LogP contribution in [0.15, 0.2) is 47.4 Å². The molecule has 0 aliphatic carbocycles. The summed E-state index contributed by atoms with van der Waals surface area (Å²) < 4.78 is 13.4. The van der Waals surface area contributed by atoms with E-state index in [0.29, 0.717) is 11.1 Å². The zero-order valence-electron chi connectivity index (χ0n) is 12.4. The highest BCUT2D eigenvalue weighted by molar-refractivity contribution is 8.00. The van der Waals surface area contributed by atoms with Crippen LogP contribution in [0.25, 0.3) is 0 Å². The molecule has 0 heterocycles. The highest BCUT2D eigenvalue weighted by Crippen LogP contribution is 2.21. The van der Waals surface area contributed by atoms with E-state index in [1.807, 2.05) is 0 Å². The Morgan fingerprint density at radius 3 is 2.57 bits per heavy atom. The molecule has 0 aliphatic rings. The summed E-state index contributed by atoms with van der Waals surface area (Å²) in [5.41, 5.74) is 1.27. The lowest BCUT2D eigenvalue weighted by Gasteiger charge is -2.06. The molecule has 0 aromatic heterocycles. The maximum atomic E-state index is 13.4. The summed E-state index contributed by atoms with van der Waals surface area (Å²) >= 11 is 1.28. The molecule has 0 spiro atoms. The first-order valence-electron chi connectivity index (χ1n) is 6.84. The van der Waals surface area contributed by atoms with Crippen LogP contribution < -0.4 is 5.32 Å². The molecule has 5 nitrogen and oxygen atoms in total. The first kappa shape index (κ1) is 17.0. The summed E-state index contributed by atoms with van der Waals surface area (Å²) in [5, 5.41) is 13.3. The van der Waals surface area contributed by atoms with E-state index in [1.54, 1.807) is 31.2 Å². The molecule has 2 aromatic rings. The average Bonchev–Trinajstić information content (AvgIpc) is 2.54. The summed E-state index contributed by atoms with van der Waals surface area (Å²) in [7, 11) is 0. The predicted octanol–water partition coefficient (Wildman–Crippen LogP) is 3.45. The van der Waals surface area contributed by atoms with Crippen molar-refractivity contribution in [2.75, 3.05) is 5.75 Å². The summed E-state index contributed by atoms with van der Waals surface area (Å²) in [5.74, 6) is -0.294. The van der Waals surface area contributed by atoms with Gasteiger partial charge >= 0.3 is 0 Å². The van der Waals surface area contributed by atoms with Crippen molar-refractivity contribution in [3.05, 3.63) is 69.5 Å². The topological polar surface area (TPSA) is 72.2 Å². The molecular formula is C16H15FN2O3S. The number of nitrogens with zero attached hydrogens (tertiary/aromatic N) is 1. The number of rotatable bonds is 6. The Kier molecular flexibility index (Phi) is 5.70. The van der Waals surface area contributed by atoms with Crippen LogP contribution >= 0.6 is 11.8 Å². The Morgan fingerprint density at radius 2 is 1.96 bits per heavy atom. The number of nitrogens with one attached hydrogen (secondary N) is 1. The smallest absolute Gasteiger partial charge is 0.269 e. The van der Waals surface area contributed by atoms with Crippen molar-refractivity contribution in [2.45, 2.75) is 18.4 Å². The van der Waals surface area contributed by atoms with Crippen LogP contribution in [-0.4, -0.2) is 16.6 Å². The Bertz CT molecular complexity index is 720. The van der Waals surface area contributed by atoms with E-state index in [0.717, 1.165) is 4.90 Å². The number of amides is 1. The molecule has 120 valence electrons. The van der Waals surface area contributed by atoms with Gasteiger partial charge in [-0.25, -0.2) is 4.39 Å². The Morgan fingerprint density at radius 1 is 1.26 bits per heavy atom. The second kappa shape index (κ2) is 7.73. The minimum absolute atomic E-state index is 0.0141. The van der Waals surface area contributed by atoms with Crippen molar-refractivity contribution in [2.24, 2.45) is 0 Å². The van der Waals surface area contributed by atoms with Gasteiger partial charge in [0.2, 0.25) is 5.91 Å². The maximum absolute atomic E-state index is 13.4. The monoisotopic (exact) mass is 334 g/mol. The minimum Gasteiger partial charge on any atom is -0.351 e. The van der Waals surface area contributed by atoms with Crippen molar-refractivity contribution in [1.29, 1.82) is 0 Å². The number of hydrogen-bond acceptors (Lipinski definition) is 4. The van der Waals surface area contributed by atoms with E-state index in [9.17, 15) is 19.3 Å². The molecule has 0 radical (unpaired) electrons. The molecule has 23 heavy (non-hydrogen) atoms. The van der Waals surface area contributed by atoms with Crippen LogP contribution in [0.2, 0.25) is 0 Å². The number of halogens is 1. The average molecular weight is 334 g/mol. The summed E-state index contributed by atoms with van der Waals surface area (Å²) in [4.78, 5) is 22.6. The fraction of sp³-hybridized carbons (Fsp3) is 0.188. The lowest BCUT2D eigenvalue weighted by atomic mass is 10.1. The fourth-order valence-corrected chi connectivity index (χ4v) is 2.54. The van der Waals surface area contributed by atoms with Gasteiger partial charge < -0.3 is 5.32 Å². The number of carbonyl (C=O) groups excluding carboxylic acids is 1. The third-order valence-corrected chi connectivity index (χ3v) is 4.16. The van der Waals surface area contributed by atoms with Gasteiger partial charge in [-0.2, -0.15) is 0 Å². The third kappa shape index (κ3) is 5.07. The fourth-order valence-electron chi connectivity index (χ4n) is 1.81. The number of thioether (sulfide) groups is 1. The lowest BCUT2D eigenvalue weighted by Crippen LogP contribution is -2.24. The van der Waals surface area contributed by atoms with E-state index < -0.39 is 4.92 Å². The lowest BCUT2D eigenvalue weighted by molar-refractivity contribution is -0.384. The number of hydrogen-bond donors (Lipinski definition) is 1. The van der Waals surface area contributed by atoms with Gasteiger partial charge in [0.25, 0.3) is 5.69 Å². The van der Waals surface area contributed by atoms with Crippen LogP contribution in [0.1, 0.15) is 11.1 Å². The van der Waals surface area contributed by atoms with E-state index in [1.165, 1.54) is 30.0 Å². The van der Waals surface area contributed by atoms with Crippen LogP contribution in [0.3, 0.4) is 0 Å². The molecule has 0 bridgehead atoms. The molecule has 0 aliphatic heterocycles. The molecule has 1 N–H and O–H groups in total. The van der Waals surface area contributed by atoms with Gasteiger partial charge in [-0.15, -0.1) is 11.8 Å². The third-order valence-electron chi connectivity index (χ3n) is 3.14. The molecular weight excluding hydrogens is 319 g/mol.